The van der Waals surface area contributed by atoms with Crippen molar-refractivity contribution in [3.8, 4) is 0 Å². The molecular weight excluding hydrogens is 208 g/mol. The number of ether oxygens (including phenoxy) is 2. The van der Waals surface area contributed by atoms with Crippen LogP contribution >= 0.6 is 0 Å². The normalized spacial score (nSPS) is 13.4. The molecule has 2 unspecified atom stereocenters. The minimum Gasteiger partial charge on any atom is -0.455 e. The molecule has 0 saturated heterocycles. The molecule has 90 valence electrons. The molecule has 0 N–H and O–H groups in total. The van der Waals surface area contributed by atoms with Crippen LogP contribution in [0.1, 0.15) is 26.7 Å². The Labute approximate surface area is 95.9 Å². The summed E-state index contributed by atoms with van der Waals surface area (Å²) in [5, 5.41) is 0. The molecule has 4 heteroatoms. The molecule has 0 fully saturated rings. The van der Waals surface area contributed by atoms with Gasteiger partial charge in [0.25, 0.3) is 0 Å². The fourth-order valence-corrected chi connectivity index (χ4v) is 1.24. The minimum absolute atomic E-state index is 0.445. The van der Waals surface area contributed by atoms with Gasteiger partial charge in [-0.15, -0.1) is 0 Å². The fraction of sp³-hybridized carbons (Fsp3) is 0.500. The van der Waals surface area contributed by atoms with Gasteiger partial charge in [-0.3, -0.25) is 0 Å². The predicted molar refractivity (Wildman–Crippen MR) is 60.7 cm³/mol. The average molecular weight is 226 g/mol. The van der Waals surface area contributed by atoms with Gasteiger partial charge < -0.3 is 9.47 Å². The molecule has 0 aliphatic heterocycles. The van der Waals surface area contributed by atoms with Crippen molar-refractivity contribution in [3.05, 3.63) is 25.3 Å². The first-order valence-corrected chi connectivity index (χ1v) is 5.25. The number of esters is 2. The zero-order valence-electron chi connectivity index (χ0n) is 9.77. The smallest absolute Gasteiger partial charge is 0.330 e. The van der Waals surface area contributed by atoms with Gasteiger partial charge in [-0.05, 0) is 12.8 Å². The van der Waals surface area contributed by atoms with Crippen molar-refractivity contribution in [2.75, 3.05) is 0 Å². The van der Waals surface area contributed by atoms with Crippen LogP contribution in [0.15, 0.2) is 25.3 Å². The summed E-state index contributed by atoms with van der Waals surface area (Å²) in [6.45, 7) is 10.3. The summed E-state index contributed by atoms with van der Waals surface area (Å²) < 4.78 is 10.2. The lowest BCUT2D eigenvalue weighted by atomic mass is 10.1. The third kappa shape index (κ3) is 4.77. The summed E-state index contributed by atoms with van der Waals surface area (Å²) in [4.78, 5) is 22.1. The molecule has 0 aliphatic rings. The standard InChI is InChI=1S/C12H18O4/c1-5-9(15-11(13)7-3)10(6-2)16-12(14)8-4/h7-10H,3-6H2,1-2H3. The van der Waals surface area contributed by atoms with E-state index in [9.17, 15) is 9.59 Å². The Hall–Kier alpha value is -1.58. The van der Waals surface area contributed by atoms with Crippen LogP contribution in [-0.4, -0.2) is 24.1 Å². The first-order valence-electron chi connectivity index (χ1n) is 5.25. The van der Waals surface area contributed by atoms with Gasteiger partial charge in [0.05, 0.1) is 0 Å². The molecule has 0 radical (unpaired) electrons. The second-order valence-corrected chi connectivity index (χ2v) is 3.18. The van der Waals surface area contributed by atoms with E-state index >= 15 is 0 Å². The molecule has 0 heterocycles. The molecule has 0 saturated carbocycles. The van der Waals surface area contributed by atoms with Crippen LogP contribution < -0.4 is 0 Å². The van der Waals surface area contributed by atoms with Crippen molar-refractivity contribution in [2.24, 2.45) is 0 Å². The van der Waals surface area contributed by atoms with Crippen molar-refractivity contribution in [3.63, 3.8) is 0 Å². The van der Waals surface area contributed by atoms with Crippen molar-refractivity contribution < 1.29 is 19.1 Å². The average Bonchev–Trinajstić information content (AvgIpc) is 2.32. The van der Waals surface area contributed by atoms with Crippen LogP contribution in [0.25, 0.3) is 0 Å². The van der Waals surface area contributed by atoms with E-state index in [2.05, 4.69) is 13.2 Å². The Morgan fingerprint density at radius 1 is 1.00 bits per heavy atom. The zero-order chi connectivity index (χ0) is 12.6. The summed E-state index contributed by atoms with van der Waals surface area (Å²) in [5.74, 6) is -1.03. The number of rotatable bonds is 7. The second-order valence-electron chi connectivity index (χ2n) is 3.18. The summed E-state index contributed by atoms with van der Waals surface area (Å²) >= 11 is 0. The van der Waals surface area contributed by atoms with Crippen LogP contribution in [0.3, 0.4) is 0 Å². The minimum atomic E-state index is -0.514. The highest BCUT2D eigenvalue weighted by molar-refractivity contribution is 5.82. The highest BCUT2D eigenvalue weighted by Crippen LogP contribution is 2.13. The van der Waals surface area contributed by atoms with Gasteiger partial charge in [0.1, 0.15) is 12.2 Å². The van der Waals surface area contributed by atoms with Crippen LogP contribution in [0.4, 0.5) is 0 Å². The Kier molecular flexibility index (Phi) is 6.92. The van der Waals surface area contributed by atoms with Crippen LogP contribution in [0, 0.1) is 0 Å². The SMILES string of the molecule is C=CC(=O)OC(CC)C(CC)OC(=O)C=C. The second kappa shape index (κ2) is 7.68. The Morgan fingerprint density at radius 2 is 1.31 bits per heavy atom. The molecular formula is C12H18O4. The third-order valence-electron chi connectivity index (χ3n) is 2.09. The van der Waals surface area contributed by atoms with Crippen molar-refractivity contribution >= 4 is 11.9 Å². The lowest BCUT2D eigenvalue weighted by molar-refractivity contribution is -0.162. The summed E-state index contributed by atoms with van der Waals surface area (Å²) in [5.41, 5.74) is 0. The van der Waals surface area contributed by atoms with Crippen molar-refractivity contribution in [1.82, 2.24) is 0 Å². The summed E-state index contributed by atoms with van der Waals surface area (Å²) in [6.07, 6.45) is 2.43. The molecule has 2 atom stereocenters. The highest BCUT2D eigenvalue weighted by Gasteiger charge is 2.24. The fourth-order valence-electron chi connectivity index (χ4n) is 1.24. The largest absolute Gasteiger partial charge is 0.455 e. The predicted octanol–water partition coefficient (Wildman–Crippen LogP) is 2.00. The van der Waals surface area contributed by atoms with E-state index in [0.717, 1.165) is 12.2 Å². The highest BCUT2D eigenvalue weighted by atomic mass is 16.6. The molecule has 0 spiro atoms. The van der Waals surface area contributed by atoms with E-state index in [1.165, 1.54) is 0 Å². The van der Waals surface area contributed by atoms with Crippen LogP contribution in [0.2, 0.25) is 0 Å². The summed E-state index contributed by atoms with van der Waals surface area (Å²) in [7, 11) is 0. The lowest BCUT2D eigenvalue weighted by Crippen LogP contribution is -2.33. The van der Waals surface area contributed by atoms with Gasteiger partial charge in [0.2, 0.25) is 0 Å². The van der Waals surface area contributed by atoms with Crippen molar-refractivity contribution in [2.45, 2.75) is 38.9 Å². The molecule has 0 aliphatic carbocycles. The maximum absolute atomic E-state index is 11.1. The molecule has 0 aromatic heterocycles. The monoisotopic (exact) mass is 226 g/mol. The Morgan fingerprint density at radius 3 is 1.50 bits per heavy atom. The first kappa shape index (κ1) is 14.4. The molecule has 0 rings (SSSR count). The third-order valence-corrected chi connectivity index (χ3v) is 2.09. The van der Waals surface area contributed by atoms with E-state index in [4.69, 9.17) is 9.47 Å². The maximum atomic E-state index is 11.1. The van der Waals surface area contributed by atoms with Gasteiger partial charge in [-0.25, -0.2) is 9.59 Å². The Bertz CT molecular complexity index is 242. The molecule has 0 aromatic carbocycles. The zero-order valence-corrected chi connectivity index (χ0v) is 9.77. The van der Waals surface area contributed by atoms with E-state index in [1.54, 1.807) is 0 Å². The van der Waals surface area contributed by atoms with Crippen LogP contribution in [-0.2, 0) is 19.1 Å². The van der Waals surface area contributed by atoms with Gasteiger partial charge in [0.15, 0.2) is 0 Å². The number of hydrogen-bond acceptors (Lipinski definition) is 4. The molecule has 0 bridgehead atoms. The molecule has 0 aromatic rings. The first-order chi connectivity index (χ1) is 7.58. The Balaban J connectivity index is 4.48. The lowest BCUT2D eigenvalue weighted by Gasteiger charge is -2.24. The van der Waals surface area contributed by atoms with Gasteiger partial charge in [0, 0.05) is 12.2 Å². The van der Waals surface area contributed by atoms with E-state index in [1.807, 2.05) is 13.8 Å². The van der Waals surface area contributed by atoms with Gasteiger partial charge in [-0.2, -0.15) is 0 Å². The van der Waals surface area contributed by atoms with E-state index in [0.29, 0.717) is 12.8 Å². The van der Waals surface area contributed by atoms with E-state index < -0.39 is 24.1 Å². The number of carbonyl (C=O) groups excluding carboxylic acids is 2. The van der Waals surface area contributed by atoms with Gasteiger partial charge >= 0.3 is 11.9 Å². The number of hydrogen-bond donors (Lipinski definition) is 0. The van der Waals surface area contributed by atoms with Crippen LogP contribution in [0.5, 0.6) is 0 Å². The summed E-state index contributed by atoms with van der Waals surface area (Å²) in [6, 6.07) is 0. The van der Waals surface area contributed by atoms with Gasteiger partial charge in [-0.1, -0.05) is 27.0 Å². The van der Waals surface area contributed by atoms with E-state index in [-0.39, 0.29) is 0 Å². The quantitative estimate of drug-likeness (QED) is 0.492. The topological polar surface area (TPSA) is 52.6 Å². The molecule has 4 nitrogen and oxygen atoms in total. The van der Waals surface area contributed by atoms with Crippen molar-refractivity contribution in [1.29, 1.82) is 0 Å². The maximum Gasteiger partial charge on any atom is 0.330 e. The number of carbonyl (C=O) groups is 2. The molecule has 16 heavy (non-hydrogen) atoms. The molecule has 0 amide bonds.